The SMILES string of the molecule is CCCC(N)C1(c2ccc3ccccc3c2)CCC1.Cl. The number of benzene rings is 2. The number of rotatable bonds is 4. The van der Waals surface area contributed by atoms with E-state index in [-0.39, 0.29) is 17.8 Å². The molecule has 2 heteroatoms. The van der Waals surface area contributed by atoms with Crippen LogP contribution < -0.4 is 5.73 Å². The number of halogens is 1. The van der Waals surface area contributed by atoms with Crippen LogP contribution in [0.15, 0.2) is 42.5 Å². The molecule has 3 rings (SSSR count). The van der Waals surface area contributed by atoms with Gasteiger partial charge in [-0.25, -0.2) is 0 Å². The summed E-state index contributed by atoms with van der Waals surface area (Å²) < 4.78 is 0. The maximum Gasteiger partial charge on any atom is 0.0136 e. The summed E-state index contributed by atoms with van der Waals surface area (Å²) in [7, 11) is 0. The molecule has 1 atom stereocenters. The van der Waals surface area contributed by atoms with Crippen molar-refractivity contribution in [3.63, 3.8) is 0 Å². The molecule has 0 saturated heterocycles. The Morgan fingerprint density at radius 1 is 1.10 bits per heavy atom. The lowest BCUT2D eigenvalue weighted by Gasteiger charge is -2.47. The summed E-state index contributed by atoms with van der Waals surface area (Å²) in [5.74, 6) is 0. The van der Waals surface area contributed by atoms with Gasteiger partial charge in [-0.05, 0) is 35.6 Å². The van der Waals surface area contributed by atoms with Gasteiger partial charge in [0.1, 0.15) is 0 Å². The maximum absolute atomic E-state index is 6.50. The second-order valence-electron chi connectivity index (χ2n) is 5.97. The van der Waals surface area contributed by atoms with E-state index in [1.807, 2.05) is 0 Å². The van der Waals surface area contributed by atoms with Gasteiger partial charge in [0, 0.05) is 11.5 Å². The summed E-state index contributed by atoms with van der Waals surface area (Å²) in [5.41, 5.74) is 8.21. The van der Waals surface area contributed by atoms with E-state index < -0.39 is 0 Å². The Kier molecular flexibility index (Phi) is 4.72. The molecule has 108 valence electrons. The van der Waals surface area contributed by atoms with Gasteiger partial charge in [0.25, 0.3) is 0 Å². The van der Waals surface area contributed by atoms with E-state index in [9.17, 15) is 0 Å². The lowest BCUT2D eigenvalue weighted by atomic mass is 9.59. The maximum atomic E-state index is 6.50. The summed E-state index contributed by atoms with van der Waals surface area (Å²) >= 11 is 0. The smallest absolute Gasteiger partial charge is 0.0136 e. The third-order valence-electron chi connectivity index (χ3n) is 4.88. The largest absolute Gasteiger partial charge is 0.327 e. The predicted molar refractivity (Wildman–Crippen MR) is 89.6 cm³/mol. The highest BCUT2D eigenvalue weighted by Crippen LogP contribution is 2.47. The molecule has 1 aliphatic carbocycles. The van der Waals surface area contributed by atoms with Crippen molar-refractivity contribution in [3.8, 4) is 0 Å². The van der Waals surface area contributed by atoms with Crippen LogP contribution in [0.1, 0.15) is 44.6 Å². The average Bonchev–Trinajstić information content (AvgIpc) is 2.38. The van der Waals surface area contributed by atoms with Crippen LogP contribution in [0.4, 0.5) is 0 Å². The Morgan fingerprint density at radius 2 is 1.80 bits per heavy atom. The molecule has 0 aromatic heterocycles. The molecular formula is C18H24ClN. The van der Waals surface area contributed by atoms with Gasteiger partial charge in [-0.1, -0.05) is 62.2 Å². The van der Waals surface area contributed by atoms with E-state index in [2.05, 4.69) is 49.4 Å². The summed E-state index contributed by atoms with van der Waals surface area (Å²) in [5, 5.41) is 2.67. The summed E-state index contributed by atoms with van der Waals surface area (Å²) in [4.78, 5) is 0. The number of fused-ring (bicyclic) bond motifs is 1. The van der Waals surface area contributed by atoms with Gasteiger partial charge in [-0.15, -0.1) is 12.4 Å². The second-order valence-corrected chi connectivity index (χ2v) is 5.97. The van der Waals surface area contributed by atoms with E-state index in [4.69, 9.17) is 5.73 Å². The molecular weight excluding hydrogens is 266 g/mol. The average molecular weight is 290 g/mol. The van der Waals surface area contributed by atoms with E-state index in [1.54, 1.807) is 0 Å². The van der Waals surface area contributed by atoms with Crippen molar-refractivity contribution in [1.29, 1.82) is 0 Å². The molecule has 1 nitrogen and oxygen atoms in total. The van der Waals surface area contributed by atoms with Crippen molar-refractivity contribution in [1.82, 2.24) is 0 Å². The monoisotopic (exact) mass is 289 g/mol. The highest BCUT2D eigenvalue weighted by atomic mass is 35.5. The molecule has 0 radical (unpaired) electrons. The molecule has 0 aliphatic heterocycles. The van der Waals surface area contributed by atoms with E-state index in [0.717, 1.165) is 6.42 Å². The van der Waals surface area contributed by atoms with Gasteiger partial charge in [0.15, 0.2) is 0 Å². The first-order valence-electron chi connectivity index (χ1n) is 7.51. The van der Waals surface area contributed by atoms with E-state index in [1.165, 1.54) is 42.0 Å². The van der Waals surface area contributed by atoms with Gasteiger partial charge in [-0.2, -0.15) is 0 Å². The highest BCUT2D eigenvalue weighted by Gasteiger charge is 2.43. The molecule has 1 fully saturated rings. The Balaban J connectivity index is 0.00000147. The number of hydrogen-bond acceptors (Lipinski definition) is 1. The Hall–Kier alpha value is -1.05. The first kappa shape index (κ1) is 15.3. The zero-order valence-corrected chi connectivity index (χ0v) is 13.0. The molecule has 20 heavy (non-hydrogen) atoms. The molecule has 1 saturated carbocycles. The third kappa shape index (κ3) is 2.45. The quantitative estimate of drug-likeness (QED) is 0.859. The summed E-state index contributed by atoms with van der Waals surface area (Å²) in [6, 6.07) is 15.8. The van der Waals surface area contributed by atoms with Gasteiger partial charge < -0.3 is 5.73 Å². The molecule has 0 spiro atoms. The molecule has 0 amide bonds. The second kappa shape index (κ2) is 6.15. The molecule has 0 heterocycles. The lowest BCUT2D eigenvalue weighted by molar-refractivity contribution is 0.188. The van der Waals surface area contributed by atoms with Crippen LogP contribution >= 0.6 is 12.4 Å². The van der Waals surface area contributed by atoms with Crippen LogP contribution in [0, 0.1) is 0 Å². The third-order valence-corrected chi connectivity index (χ3v) is 4.88. The zero-order chi connectivity index (χ0) is 13.3. The van der Waals surface area contributed by atoms with Crippen molar-refractivity contribution in [2.24, 2.45) is 5.73 Å². The van der Waals surface area contributed by atoms with Crippen molar-refractivity contribution in [2.75, 3.05) is 0 Å². The van der Waals surface area contributed by atoms with Crippen LogP contribution in [0.3, 0.4) is 0 Å². The van der Waals surface area contributed by atoms with Gasteiger partial charge in [0.05, 0.1) is 0 Å². The fourth-order valence-corrected chi connectivity index (χ4v) is 3.52. The topological polar surface area (TPSA) is 26.0 Å². The molecule has 2 N–H and O–H groups in total. The van der Waals surface area contributed by atoms with Crippen molar-refractivity contribution in [3.05, 3.63) is 48.0 Å². The summed E-state index contributed by atoms with van der Waals surface area (Å²) in [6.45, 7) is 2.23. The molecule has 2 aromatic carbocycles. The molecule has 0 bridgehead atoms. The first-order valence-corrected chi connectivity index (χ1v) is 7.51. The standard InChI is InChI=1S/C18H23N.ClH/c1-2-6-17(19)18(11-5-12-18)16-10-9-14-7-3-4-8-15(14)13-16;/h3-4,7-10,13,17H,2,5-6,11-12,19H2,1H3;1H. The van der Waals surface area contributed by atoms with Crippen molar-refractivity contribution < 1.29 is 0 Å². The fraction of sp³-hybridized carbons (Fsp3) is 0.444. The normalized spacial score (nSPS) is 18.1. The molecule has 2 aromatic rings. The predicted octanol–water partition coefficient (Wildman–Crippen LogP) is 4.81. The summed E-state index contributed by atoms with van der Waals surface area (Å²) in [6.07, 6.45) is 6.15. The Bertz CT molecular complexity index is 574. The Labute approximate surface area is 128 Å². The molecule has 1 unspecified atom stereocenters. The van der Waals surface area contributed by atoms with Crippen LogP contribution in [0.25, 0.3) is 10.8 Å². The Morgan fingerprint density at radius 3 is 2.40 bits per heavy atom. The first-order chi connectivity index (χ1) is 9.26. The highest BCUT2D eigenvalue weighted by molar-refractivity contribution is 5.85. The minimum Gasteiger partial charge on any atom is -0.327 e. The van der Waals surface area contributed by atoms with Crippen LogP contribution in [0.2, 0.25) is 0 Å². The van der Waals surface area contributed by atoms with Gasteiger partial charge in [0.2, 0.25) is 0 Å². The fourth-order valence-electron chi connectivity index (χ4n) is 3.52. The van der Waals surface area contributed by atoms with Crippen LogP contribution in [-0.2, 0) is 5.41 Å². The lowest BCUT2D eigenvalue weighted by Crippen LogP contribution is -2.50. The van der Waals surface area contributed by atoms with Crippen LogP contribution in [0.5, 0.6) is 0 Å². The van der Waals surface area contributed by atoms with Crippen molar-refractivity contribution >= 4 is 23.2 Å². The van der Waals surface area contributed by atoms with Crippen molar-refractivity contribution in [2.45, 2.75) is 50.5 Å². The van der Waals surface area contributed by atoms with Gasteiger partial charge >= 0.3 is 0 Å². The number of nitrogens with two attached hydrogens (primary N) is 1. The minimum atomic E-state index is 0. The zero-order valence-electron chi connectivity index (χ0n) is 12.1. The van der Waals surface area contributed by atoms with E-state index >= 15 is 0 Å². The number of hydrogen-bond donors (Lipinski definition) is 1. The molecule has 1 aliphatic rings. The van der Waals surface area contributed by atoms with E-state index in [0.29, 0.717) is 6.04 Å². The van der Waals surface area contributed by atoms with Gasteiger partial charge in [-0.3, -0.25) is 0 Å². The minimum absolute atomic E-state index is 0. The van der Waals surface area contributed by atoms with Crippen LogP contribution in [-0.4, -0.2) is 6.04 Å².